The van der Waals surface area contributed by atoms with Gasteiger partial charge in [0.1, 0.15) is 0 Å². The summed E-state index contributed by atoms with van der Waals surface area (Å²) >= 11 is 0. The smallest absolute Gasteiger partial charge is 0.160 e. The van der Waals surface area contributed by atoms with E-state index in [1.807, 2.05) is 25.1 Å². The predicted octanol–water partition coefficient (Wildman–Crippen LogP) is 2.97. The Bertz CT molecular complexity index is 514. The maximum absolute atomic E-state index is 5.30. The summed E-state index contributed by atoms with van der Waals surface area (Å²) < 4.78 is 5.30. The van der Waals surface area contributed by atoms with Gasteiger partial charge >= 0.3 is 0 Å². The molecule has 18 heavy (non-hydrogen) atoms. The van der Waals surface area contributed by atoms with Crippen LogP contribution in [0, 0.1) is 6.92 Å². The van der Waals surface area contributed by atoms with Crippen LogP contribution >= 0.6 is 0 Å². The molecular formula is C14H17N3O. The van der Waals surface area contributed by atoms with E-state index in [1.54, 1.807) is 25.7 Å². The molecule has 94 valence electrons. The number of ether oxygens (including phenoxy) is 1. The Balaban J connectivity index is 2.21. The zero-order chi connectivity index (χ0) is 13.0. The number of methoxy groups -OCH3 is 1. The maximum atomic E-state index is 5.30. The van der Waals surface area contributed by atoms with Crippen LogP contribution in [0.15, 0.2) is 36.8 Å². The molecule has 1 unspecified atom stereocenters. The van der Waals surface area contributed by atoms with Gasteiger partial charge in [0.05, 0.1) is 19.0 Å². The zero-order valence-corrected chi connectivity index (χ0v) is 10.8. The minimum atomic E-state index is 0.184. The van der Waals surface area contributed by atoms with E-state index in [4.69, 9.17) is 4.74 Å². The van der Waals surface area contributed by atoms with Crippen molar-refractivity contribution in [3.63, 3.8) is 0 Å². The van der Waals surface area contributed by atoms with E-state index in [9.17, 15) is 0 Å². The van der Waals surface area contributed by atoms with Gasteiger partial charge in [0.2, 0.25) is 0 Å². The van der Waals surface area contributed by atoms with Gasteiger partial charge in [-0.3, -0.25) is 9.97 Å². The lowest BCUT2D eigenvalue weighted by atomic mass is 10.1. The Morgan fingerprint density at radius 2 is 2.00 bits per heavy atom. The van der Waals surface area contributed by atoms with Gasteiger partial charge < -0.3 is 10.1 Å². The minimum absolute atomic E-state index is 0.184. The normalized spacial score (nSPS) is 11.9. The number of pyridine rings is 2. The SMILES string of the molecule is COc1cnc(C)cc1NC(C)c1ccncc1. The van der Waals surface area contributed by atoms with Gasteiger partial charge in [-0.05, 0) is 37.6 Å². The fourth-order valence-electron chi connectivity index (χ4n) is 1.79. The molecule has 0 aliphatic heterocycles. The number of anilines is 1. The average Bonchev–Trinajstić information content (AvgIpc) is 2.40. The van der Waals surface area contributed by atoms with E-state index in [2.05, 4.69) is 22.2 Å². The van der Waals surface area contributed by atoms with Crippen LogP contribution in [0.4, 0.5) is 5.69 Å². The Hall–Kier alpha value is -2.10. The molecule has 0 fully saturated rings. The second-order valence-electron chi connectivity index (χ2n) is 4.17. The molecule has 4 heteroatoms. The Morgan fingerprint density at radius 3 is 2.67 bits per heavy atom. The Kier molecular flexibility index (Phi) is 3.77. The van der Waals surface area contributed by atoms with Crippen LogP contribution in [0.1, 0.15) is 24.2 Å². The molecule has 2 aromatic rings. The predicted molar refractivity (Wildman–Crippen MR) is 71.8 cm³/mol. The summed E-state index contributed by atoms with van der Waals surface area (Å²) in [6.45, 7) is 4.06. The van der Waals surface area contributed by atoms with E-state index in [1.165, 1.54) is 5.56 Å². The fraction of sp³-hybridized carbons (Fsp3) is 0.286. The molecule has 2 rings (SSSR count). The molecule has 0 spiro atoms. The Morgan fingerprint density at radius 1 is 1.28 bits per heavy atom. The lowest BCUT2D eigenvalue weighted by Crippen LogP contribution is -2.08. The largest absolute Gasteiger partial charge is 0.493 e. The van der Waals surface area contributed by atoms with Gasteiger partial charge in [-0.25, -0.2) is 0 Å². The lowest BCUT2D eigenvalue weighted by Gasteiger charge is -2.17. The van der Waals surface area contributed by atoms with Crippen molar-refractivity contribution in [2.45, 2.75) is 19.9 Å². The number of nitrogens with zero attached hydrogens (tertiary/aromatic N) is 2. The van der Waals surface area contributed by atoms with Crippen LogP contribution in [0.2, 0.25) is 0 Å². The van der Waals surface area contributed by atoms with E-state index in [0.717, 1.165) is 17.1 Å². The first-order valence-electron chi connectivity index (χ1n) is 5.88. The number of aromatic nitrogens is 2. The lowest BCUT2D eigenvalue weighted by molar-refractivity contribution is 0.414. The average molecular weight is 243 g/mol. The number of rotatable bonds is 4. The van der Waals surface area contributed by atoms with Gasteiger partial charge in [-0.1, -0.05) is 0 Å². The monoisotopic (exact) mass is 243 g/mol. The molecule has 4 nitrogen and oxygen atoms in total. The highest BCUT2D eigenvalue weighted by Gasteiger charge is 2.09. The van der Waals surface area contributed by atoms with Gasteiger partial charge in [0.15, 0.2) is 5.75 Å². The number of hydrogen-bond donors (Lipinski definition) is 1. The quantitative estimate of drug-likeness (QED) is 0.896. The van der Waals surface area contributed by atoms with E-state index in [0.29, 0.717) is 0 Å². The number of aryl methyl sites for hydroxylation is 1. The molecular weight excluding hydrogens is 226 g/mol. The molecule has 0 amide bonds. The molecule has 2 aromatic heterocycles. The first-order chi connectivity index (χ1) is 8.70. The molecule has 0 radical (unpaired) electrons. The van der Waals surface area contributed by atoms with Crippen molar-refractivity contribution in [2.75, 3.05) is 12.4 Å². The van der Waals surface area contributed by atoms with Crippen molar-refractivity contribution < 1.29 is 4.74 Å². The third-order valence-corrected chi connectivity index (χ3v) is 2.80. The summed E-state index contributed by atoms with van der Waals surface area (Å²) in [5.74, 6) is 0.751. The standard InChI is InChI=1S/C14H17N3O/c1-10-8-13(14(18-3)9-16-10)17-11(2)12-4-6-15-7-5-12/h4-9,11H,1-3H3,(H,16,17). The summed E-state index contributed by atoms with van der Waals surface area (Å²) in [6.07, 6.45) is 5.32. The molecule has 0 aromatic carbocycles. The van der Waals surface area contributed by atoms with Crippen molar-refractivity contribution in [3.8, 4) is 5.75 Å². The van der Waals surface area contributed by atoms with Crippen molar-refractivity contribution in [2.24, 2.45) is 0 Å². The van der Waals surface area contributed by atoms with Crippen molar-refractivity contribution in [3.05, 3.63) is 48.0 Å². The highest BCUT2D eigenvalue weighted by Crippen LogP contribution is 2.27. The Labute approximate surface area is 107 Å². The topological polar surface area (TPSA) is 47.0 Å². The highest BCUT2D eigenvalue weighted by atomic mass is 16.5. The van der Waals surface area contributed by atoms with Gasteiger partial charge in [0, 0.05) is 24.1 Å². The molecule has 1 N–H and O–H groups in total. The second-order valence-corrected chi connectivity index (χ2v) is 4.17. The first kappa shape index (κ1) is 12.4. The molecule has 2 heterocycles. The summed E-state index contributed by atoms with van der Waals surface area (Å²) in [5.41, 5.74) is 3.09. The first-order valence-corrected chi connectivity index (χ1v) is 5.88. The maximum Gasteiger partial charge on any atom is 0.160 e. The van der Waals surface area contributed by atoms with Gasteiger partial charge in [-0.2, -0.15) is 0 Å². The number of hydrogen-bond acceptors (Lipinski definition) is 4. The van der Waals surface area contributed by atoms with Crippen LogP contribution < -0.4 is 10.1 Å². The summed E-state index contributed by atoms with van der Waals surface area (Å²) in [7, 11) is 1.65. The summed E-state index contributed by atoms with van der Waals surface area (Å²) in [6, 6.07) is 6.16. The van der Waals surface area contributed by atoms with Crippen LogP contribution in [0.25, 0.3) is 0 Å². The molecule has 0 aliphatic rings. The zero-order valence-electron chi connectivity index (χ0n) is 10.8. The fourth-order valence-corrected chi connectivity index (χ4v) is 1.79. The van der Waals surface area contributed by atoms with Gasteiger partial charge in [0.25, 0.3) is 0 Å². The molecule has 0 saturated heterocycles. The summed E-state index contributed by atoms with van der Waals surface area (Å²) in [5, 5.41) is 3.43. The van der Waals surface area contributed by atoms with Crippen LogP contribution in [-0.2, 0) is 0 Å². The minimum Gasteiger partial charge on any atom is -0.493 e. The molecule has 0 aliphatic carbocycles. The van der Waals surface area contributed by atoms with E-state index in [-0.39, 0.29) is 6.04 Å². The molecule has 0 bridgehead atoms. The molecule has 0 saturated carbocycles. The van der Waals surface area contributed by atoms with Crippen molar-refractivity contribution in [1.29, 1.82) is 0 Å². The van der Waals surface area contributed by atoms with Crippen molar-refractivity contribution >= 4 is 5.69 Å². The third kappa shape index (κ3) is 2.77. The third-order valence-electron chi connectivity index (χ3n) is 2.80. The van der Waals surface area contributed by atoms with E-state index >= 15 is 0 Å². The van der Waals surface area contributed by atoms with Gasteiger partial charge in [-0.15, -0.1) is 0 Å². The summed E-state index contributed by atoms with van der Waals surface area (Å²) in [4.78, 5) is 8.24. The van der Waals surface area contributed by atoms with Crippen molar-refractivity contribution in [1.82, 2.24) is 9.97 Å². The van der Waals surface area contributed by atoms with Crippen LogP contribution in [-0.4, -0.2) is 17.1 Å². The van der Waals surface area contributed by atoms with Crippen LogP contribution in [0.3, 0.4) is 0 Å². The molecule has 1 atom stereocenters. The highest BCUT2D eigenvalue weighted by molar-refractivity contribution is 5.57. The number of nitrogens with one attached hydrogen (secondary N) is 1. The second kappa shape index (κ2) is 5.49. The van der Waals surface area contributed by atoms with E-state index < -0.39 is 0 Å². The van der Waals surface area contributed by atoms with Crippen LogP contribution in [0.5, 0.6) is 5.75 Å².